The number of rotatable bonds is 11. The number of nitrogen functional groups attached to an aromatic ring is 1. The van der Waals surface area contributed by atoms with Crippen molar-refractivity contribution in [2.75, 3.05) is 12.3 Å². The van der Waals surface area contributed by atoms with Crippen molar-refractivity contribution in [3.63, 3.8) is 0 Å². The van der Waals surface area contributed by atoms with E-state index in [0.29, 0.717) is 31.9 Å². The first kappa shape index (κ1) is 29.1. The first-order valence-corrected chi connectivity index (χ1v) is 17.3. The Morgan fingerprint density at radius 1 is 0.927 bits per heavy atom. The van der Waals surface area contributed by atoms with Crippen LogP contribution in [0, 0.1) is 11.5 Å². The normalized spacial score (nSPS) is 20.7. The van der Waals surface area contributed by atoms with Crippen molar-refractivity contribution in [3.8, 4) is 11.5 Å². The van der Waals surface area contributed by atoms with Crippen LogP contribution in [0.2, 0.25) is 18.1 Å². The minimum absolute atomic E-state index is 0.299. The number of nitrogens with two attached hydrogens (primary N) is 1. The van der Waals surface area contributed by atoms with Crippen LogP contribution in [0.15, 0.2) is 85.2 Å². The van der Waals surface area contributed by atoms with Crippen LogP contribution in [0.4, 0.5) is 5.69 Å². The molecule has 0 aliphatic carbocycles. The molecule has 3 aromatic carbocycles. The number of aromatic nitrogens is 2. The van der Waals surface area contributed by atoms with Crippen molar-refractivity contribution < 1.29 is 14.2 Å². The summed E-state index contributed by atoms with van der Waals surface area (Å²) in [7, 11) is -1.78. The minimum Gasteiger partial charge on any atom is -0.397 e. The lowest BCUT2D eigenvalue weighted by Gasteiger charge is -2.31. The predicted octanol–water partition coefficient (Wildman–Crippen LogP) is 7.13. The molecular formula is C34H41N3O3Si. The van der Waals surface area contributed by atoms with Crippen molar-refractivity contribution in [1.82, 2.24) is 9.55 Å². The van der Waals surface area contributed by atoms with E-state index in [0.717, 1.165) is 40.3 Å². The molecule has 1 fully saturated rings. The quantitative estimate of drug-likeness (QED) is 0.119. The summed E-state index contributed by atoms with van der Waals surface area (Å²) in [4.78, 5) is 4.61. The van der Waals surface area contributed by atoms with Crippen LogP contribution in [-0.4, -0.2) is 35.9 Å². The number of anilines is 1. The fraction of sp³-hybridized carbons (Fsp3) is 0.382. The molecule has 0 radical (unpaired) electrons. The molecule has 0 unspecified atom stereocenters. The van der Waals surface area contributed by atoms with Crippen LogP contribution in [0.1, 0.15) is 44.5 Å². The topological polar surface area (TPSA) is 71.5 Å². The van der Waals surface area contributed by atoms with Gasteiger partial charge in [0, 0.05) is 6.42 Å². The van der Waals surface area contributed by atoms with Crippen molar-refractivity contribution in [1.29, 1.82) is 0 Å². The summed E-state index contributed by atoms with van der Waals surface area (Å²) in [5.41, 5.74) is 13.7. The Bertz CT molecular complexity index is 1470. The van der Waals surface area contributed by atoms with Gasteiger partial charge in [-0.2, -0.15) is 0 Å². The first-order valence-electron chi connectivity index (χ1n) is 14.7. The Labute approximate surface area is 244 Å². The number of hydrogen-bond donors (Lipinski definition) is 1. The molecule has 7 heteroatoms. The zero-order valence-electron chi connectivity index (χ0n) is 24.4. The maximum absolute atomic E-state index is 6.99. The Kier molecular flexibility index (Phi) is 9.26. The summed E-state index contributed by atoms with van der Waals surface area (Å²) in [6.45, 7) is 8.08. The van der Waals surface area contributed by atoms with E-state index in [-0.39, 0.29) is 12.3 Å². The molecule has 214 valence electrons. The smallest absolute Gasteiger partial charge is 0.179 e. The zero-order valence-corrected chi connectivity index (χ0v) is 25.4. The number of hydrogen-bond acceptors (Lipinski definition) is 5. The zero-order chi connectivity index (χ0) is 28.7. The van der Waals surface area contributed by atoms with Gasteiger partial charge in [-0.25, -0.2) is 4.98 Å². The van der Waals surface area contributed by atoms with Crippen molar-refractivity contribution in [2.45, 2.75) is 76.5 Å². The lowest BCUT2D eigenvalue weighted by Crippen LogP contribution is -2.45. The number of nitrogens with zero attached hydrogens (tertiary/aromatic N) is 2. The van der Waals surface area contributed by atoms with Gasteiger partial charge in [0.15, 0.2) is 5.60 Å². The number of imidazole rings is 1. The molecule has 4 aromatic rings. The van der Waals surface area contributed by atoms with Gasteiger partial charge in [0.2, 0.25) is 0 Å². The Morgan fingerprint density at radius 3 is 2.24 bits per heavy atom. The average Bonchev–Trinajstić information content (AvgIpc) is 3.61. The molecule has 0 saturated carbocycles. The van der Waals surface area contributed by atoms with Crippen molar-refractivity contribution in [2.24, 2.45) is 0 Å². The van der Waals surface area contributed by atoms with Gasteiger partial charge in [0.25, 0.3) is 0 Å². The van der Waals surface area contributed by atoms with Gasteiger partial charge in [-0.3, -0.25) is 0 Å². The number of fused-ring (bicyclic) bond motifs is 1. The highest BCUT2D eigenvalue weighted by atomic mass is 28.3. The maximum Gasteiger partial charge on any atom is 0.179 e. The van der Waals surface area contributed by atoms with Gasteiger partial charge < -0.3 is 24.5 Å². The molecule has 1 aliphatic heterocycles. The molecule has 1 aliphatic rings. The van der Waals surface area contributed by atoms with Gasteiger partial charge >= 0.3 is 0 Å². The second kappa shape index (κ2) is 13.0. The third-order valence-electron chi connectivity index (χ3n) is 8.52. The van der Waals surface area contributed by atoms with E-state index in [1.807, 2.05) is 60.9 Å². The molecule has 5 rings (SSSR count). The van der Waals surface area contributed by atoms with Crippen LogP contribution in [0.25, 0.3) is 11.0 Å². The molecule has 1 saturated heterocycles. The molecule has 0 spiro atoms. The van der Waals surface area contributed by atoms with Crippen LogP contribution in [-0.2, 0) is 27.4 Å². The van der Waals surface area contributed by atoms with E-state index in [4.69, 9.17) is 19.9 Å². The summed E-state index contributed by atoms with van der Waals surface area (Å²) in [6.07, 6.45) is 1.82. The van der Waals surface area contributed by atoms with E-state index in [1.165, 1.54) is 0 Å². The molecule has 1 aromatic heterocycles. The van der Waals surface area contributed by atoms with E-state index in [1.54, 1.807) is 0 Å². The van der Waals surface area contributed by atoms with E-state index < -0.39 is 13.7 Å². The van der Waals surface area contributed by atoms with Gasteiger partial charge in [-0.05, 0) is 41.4 Å². The van der Waals surface area contributed by atoms with Gasteiger partial charge in [-0.1, -0.05) is 93.4 Å². The molecule has 0 amide bonds. The molecule has 3 atom stereocenters. The Morgan fingerprint density at radius 2 is 1.59 bits per heavy atom. The number of ether oxygens (including phenoxy) is 3. The third kappa shape index (κ3) is 6.42. The van der Waals surface area contributed by atoms with Gasteiger partial charge in [-0.15, -0.1) is 5.54 Å². The largest absolute Gasteiger partial charge is 0.397 e. The fourth-order valence-electron chi connectivity index (χ4n) is 5.61. The summed E-state index contributed by atoms with van der Waals surface area (Å²) in [5.74, 6) is 3.69. The summed E-state index contributed by atoms with van der Waals surface area (Å²) >= 11 is 0. The predicted molar refractivity (Wildman–Crippen MR) is 168 cm³/mol. The van der Waals surface area contributed by atoms with E-state index in [2.05, 4.69) is 66.1 Å². The lowest BCUT2D eigenvalue weighted by molar-refractivity contribution is -0.123. The van der Waals surface area contributed by atoms with Crippen molar-refractivity contribution >= 4 is 24.8 Å². The number of benzene rings is 3. The second-order valence-corrected chi connectivity index (χ2v) is 15.9. The minimum atomic E-state index is -1.78. The summed E-state index contributed by atoms with van der Waals surface area (Å²) < 4.78 is 22.1. The average molecular weight is 568 g/mol. The van der Waals surface area contributed by atoms with Crippen LogP contribution < -0.4 is 5.73 Å². The second-order valence-electron chi connectivity index (χ2n) is 10.9. The summed E-state index contributed by atoms with van der Waals surface area (Å²) in [6, 6.07) is 29.7. The fourth-order valence-corrected chi connectivity index (χ4v) is 8.12. The highest BCUT2D eigenvalue weighted by Crippen LogP contribution is 2.41. The van der Waals surface area contributed by atoms with Crippen LogP contribution >= 0.6 is 0 Å². The van der Waals surface area contributed by atoms with Crippen molar-refractivity contribution in [3.05, 3.63) is 96.3 Å². The molecular weight excluding hydrogens is 526 g/mol. The van der Waals surface area contributed by atoms with E-state index >= 15 is 0 Å². The molecule has 2 N–H and O–H groups in total. The van der Waals surface area contributed by atoms with Gasteiger partial charge in [0.1, 0.15) is 25.9 Å². The SMILES string of the molecule is CC[Si](C#C[C@]1(COCc2ccccc2)O[C@@H](n2cnc3c(N)cccc32)C[C@@H]1OCc1ccccc1)(CC)CC. The molecule has 2 heterocycles. The van der Waals surface area contributed by atoms with Gasteiger partial charge in [0.05, 0.1) is 37.4 Å². The molecule has 0 bridgehead atoms. The monoisotopic (exact) mass is 567 g/mol. The highest BCUT2D eigenvalue weighted by molar-refractivity contribution is 6.87. The standard InChI is InChI=1S/C34H41N3O3Si/c1-4-41(5-2,6-3)21-20-34(25-38-23-27-14-9-7-10-15-27)31(39-24-28-16-11-8-12-17-28)22-32(40-34)37-26-36-33-29(35)18-13-19-30(33)37/h7-19,26,31-32H,4-6,22-25,35H2,1-3H3/t31-,32+,34+/m0/s1. The molecule has 41 heavy (non-hydrogen) atoms. The summed E-state index contributed by atoms with van der Waals surface area (Å²) in [5, 5.41) is 0. The van der Waals surface area contributed by atoms with Crippen LogP contribution in [0.3, 0.4) is 0 Å². The first-order chi connectivity index (χ1) is 20.0. The Balaban J connectivity index is 1.52. The number of para-hydroxylation sites is 1. The third-order valence-corrected chi connectivity index (χ3v) is 13.2. The highest BCUT2D eigenvalue weighted by Gasteiger charge is 2.50. The lowest BCUT2D eigenvalue weighted by atomic mass is 9.98. The molecule has 6 nitrogen and oxygen atoms in total. The Hall–Kier alpha value is -3.41. The maximum atomic E-state index is 6.99. The van der Waals surface area contributed by atoms with E-state index in [9.17, 15) is 0 Å². The van der Waals surface area contributed by atoms with Crippen LogP contribution in [0.5, 0.6) is 0 Å².